The van der Waals surface area contributed by atoms with E-state index in [1.54, 1.807) is 0 Å². The second-order valence-corrected chi connectivity index (χ2v) is 41.7. The van der Waals surface area contributed by atoms with Crippen molar-refractivity contribution in [2.75, 3.05) is 0 Å². The molecule has 8 aromatic rings. The number of hydrogen-bond acceptors (Lipinski definition) is 2. The number of benzene rings is 6. The van der Waals surface area contributed by atoms with Gasteiger partial charge in [-0.15, -0.1) is 0 Å². The third-order valence-corrected chi connectivity index (χ3v) is 36.2. The Balaban J connectivity index is 0.987. The molecule has 2 aromatic heterocycles. The van der Waals surface area contributed by atoms with E-state index < -0.39 is 24.4 Å². The van der Waals surface area contributed by atoms with Gasteiger partial charge in [-0.05, 0) is 0 Å². The zero-order chi connectivity index (χ0) is 41.6. The third-order valence-electron chi connectivity index (χ3n) is 14.5. The molecule has 2 unspecified atom stereocenters. The summed E-state index contributed by atoms with van der Waals surface area (Å²) in [5, 5.41) is 5.12. The number of allylic oxidation sites excluding steroid dienone is 2. The van der Waals surface area contributed by atoms with Gasteiger partial charge in [0.1, 0.15) is 0 Å². The third kappa shape index (κ3) is 6.66. The fourth-order valence-corrected chi connectivity index (χ4v) is 26.8. The molecule has 6 heteroatoms. The van der Waals surface area contributed by atoms with E-state index in [9.17, 15) is 0 Å². The van der Waals surface area contributed by atoms with Crippen LogP contribution in [0.15, 0.2) is 130 Å². The van der Waals surface area contributed by atoms with Crippen molar-refractivity contribution in [1.29, 1.82) is 0 Å². The van der Waals surface area contributed by atoms with E-state index in [-0.39, 0.29) is 11.8 Å². The Hall–Kier alpha value is -4.44. The van der Waals surface area contributed by atoms with Crippen molar-refractivity contribution >= 4 is 67.8 Å². The topological polar surface area (TPSA) is 26.3 Å². The number of aryl methyl sites for hydroxylation is 4. The Kier molecular flexibility index (Phi) is 9.90. The number of hydrogen-bond donors (Lipinski definition) is 0. The molecule has 0 spiro atoms. The minimum absolute atomic E-state index is 0.178. The summed E-state index contributed by atoms with van der Waals surface area (Å²) in [6, 6.07) is 47.4. The van der Waals surface area contributed by atoms with Gasteiger partial charge in [0, 0.05) is 0 Å². The molecular formula is C56H47Cl2O2SiZr. The first-order chi connectivity index (χ1) is 30.3. The molecule has 4 aliphatic rings. The van der Waals surface area contributed by atoms with Crippen molar-refractivity contribution in [3.05, 3.63) is 189 Å². The summed E-state index contributed by atoms with van der Waals surface area (Å²) in [4.78, 5) is 0. The molecule has 0 aliphatic heterocycles. The van der Waals surface area contributed by atoms with Crippen LogP contribution < -0.4 is 0 Å². The molecule has 12 rings (SSSR count). The van der Waals surface area contributed by atoms with Crippen LogP contribution in [0, 0.1) is 13.8 Å². The predicted molar refractivity (Wildman–Crippen MR) is 259 cm³/mol. The van der Waals surface area contributed by atoms with Gasteiger partial charge in [0.15, 0.2) is 0 Å². The van der Waals surface area contributed by atoms with Crippen LogP contribution in [-0.4, -0.2) is 5.92 Å². The van der Waals surface area contributed by atoms with Crippen LogP contribution in [0.25, 0.3) is 67.1 Å². The van der Waals surface area contributed by atoms with E-state index in [2.05, 4.69) is 147 Å². The predicted octanol–water partition coefficient (Wildman–Crippen LogP) is 15.7. The van der Waals surface area contributed by atoms with Gasteiger partial charge < -0.3 is 0 Å². The van der Waals surface area contributed by atoms with Gasteiger partial charge in [0.25, 0.3) is 0 Å². The average Bonchev–Trinajstić information content (AvgIpc) is 4.16. The summed E-state index contributed by atoms with van der Waals surface area (Å²) in [6.07, 6.45) is 11.8. The Morgan fingerprint density at radius 2 is 0.984 bits per heavy atom. The summed E-state index contributed by atoms with van der Waals surface area (Å²) in [5.41, 5.74) is 19.7. The molecule has 0 radical (unpaired) electrons. The van der Waals surface area contributed by atoms with Crippen LogP contribution in [0.1, 0.15) is 92.2 Å². The van der Waals surface area contributed by atoms with Crippen molar-refractivity contribution in [3.8, 4) is 22.3 Å². The van der Waals surface area contributed by atoms with Crippen LogP contribution in [0.5, 0.6) is 0 Å². The Morgan fingerprint density at radius 1 is 0.532 bits per heavy atom. The fraction of sp³-hybridized carbons (Fsp3) is 0.214. The van der Waals surface area contributed by atoms with Gasteiger partial charge in [0.05, 0.1) is 0 Å². The van der Waals surface area contributed by atoms with Gasteiger partial charge in [-0.1, -0.05) is 0 Å². The first-order valence-electron chi connectivity index (χ1n) is 22.4. The van der Waals surface area contributed by atoms with Gasteiger partial charge >= 0.3 is 383 Å². The normalized spacial score (nSPS) is 17.9. The SMILES string of the molecule is Cc1ccc(C2=Cc3c(cc4c(c3-c3ccc5ccccc5c3)CCC4)C2C[SiH](CC2C(c3ccc(C)o3)=Cc3c2cc2c(c3-c3ccc4ccccc4c3)CCC2)[Zr]([Cl])[Cl])o1. The second kappa shape index (κ2) is 15.7. The molecule has 0 fully saturated rings. The summed E-state index contributed by atoms with van der Waals surface area (Å²) in [5.74, 6) is 2.42. The van der Waals surface area contributed by atoms with Gasteiger partial charge in [-0.3, -0.25) is 0 Å². The van der Waals surface area contributed by atoms with Crippen molar-refractivity contribution in [3.63, 3.8) is 0 Å². The second-order valence-electron chi connectivity index (χ2n) is 18.2. The molecule has 0 amide bonds. The van der Waals surface area contributed by atoms with Crippen molar-refractivity contribution in [2.45, 2.75) is 76.3 Å². The standard InChI is InChI=1S/C56H47O2Si.2ClH.Zr/c1-33-17-23-53(57-33)47-29-49-45(27-39-13-7-15-43(39)55(49)41-21-19-35-9-3-5-11-37(35)25-41)51(47)31-59-32-52-46-28-40-14-8-16-44(40)56(42-22-20-36-10-4-6-12-38(36)26-42)50(46)30-48(52)54-24-18-34(2)58-54;;;/h3-6,9-12,17-30,51-52,59H,7-8,13-16,31-32H2,1-2H3;2*1H;/q;;;+2/p-2. The summed E-state index contributed by atoms with van der Waals surface area (Å²) in [7, 11) is 15.1. The molecule has 2 heterocycles. The molecule has 0 saturated carbocycles. The molecule has 0 N–H and O–H groups in total. The van der Waals surface area contributed by atoms with Crippen molar-refractivity contribution in [2.24, 2.45) is 0 Å². The van der Waals surface area contributed by atoms with E-state index in [0.717, 1.165) is 60.8 Å². The van der Waals surface area contributed by atoms with E-state index in [4.69, 9.17) is 25.9 Å². The first-order valence-corrected chi connectivity index (χ1v) is 35.2. The quantitative estimate of drug-likeness (QED) is 0.135. The average molecular weight is 942 g/mol. The maximum atomic E-state index is 7.54. The summed E-state index contributed by atoms with van der Waals surface area (Å²) in [6.45, 7) is 4.11. The van der Waals surface area contributed by atoms with E-state index >= 15 is 0 Å². The number of rotatable bonds is 9. The van der Waals surface area contributed by atoms with Crippen LogP contribution in [0.3, 0.4) is 0 Å². The Bertz CT molecular complexity index is 2980. The monoisotopic (exact) mass is 939 g/mol. The fourth-order valence-electron chi connectivity index (χ4n) is 11.7. The molecule has 2 nitrogen and oxygen atoms in total. The molecule has 0 saturated heterocycles. The molecule has 0 bridgehead atoms. The number of halogens is 2. The minimum atomic E-state index is -2.83. The Labute approximate surface area is 379 Å². The molecule has 62 heavy (non-hydrogen) atoms. The molecule has 2 atom stereocenters. The van der Waals surface area contributed by atoms with E-state index in [1.807, 2.05) is 0 Å². The van der Waals surface area contributed by atoms with Gasteiger partial charge in [-0.25, -0.2) is 0 Å². The number of fused-ring (bicyclic) bond motifs is 6. The van der Waals surface area contributed by atoms with Gasteiger partial charge in [0.2, 0.25) is 0 Å². The van der Waals surface area contributed by atoms with Crippen molar-refractivity contribution < 1.29 is 27.4 Å². The van der Waals surface area contributed by atoms with Crippen LogP contribution in [0.4, 0.5) is 0 Å². The zero-order valence-electron chi connectivity index (χ0n) is 35.2. The Morgan fingerprint density at radius 3 is 1.40 bits per heavy atom. The van der Waals surface area contributed by atoms with Gasteiger partial charge in [-0.2, -0.15) is 0 Å². The molecule has 6 aromatic carbocycles. The molecular weight excluding hydrogens is 895 g/mol. The van der Waals surface area contributed by atoms with Crippen LogP contribution in [0.2, 0.25) is 12.1 Å². The number of furan rings is 2. The zero-order valence-corrected chi connectivity index (χ0v) is 40.3. The maximum absolute atomic E-state index is 7.54. The molecule has 305 valence electrons. The summed E-state index contributed by atoms with van der Waals surface area (Å²) >= 11 is -2.83. The first kappa shape index (κ1) is 39.2. The van der Waals surface area contributed by atoms with E-state index in [1.165, 1.54) is 112 Å². The summed E-state index contributed by atoms with van der Waals surface area (Å²) < 4.78 is 13.1. The van der Waals surface area contributed by atoms with Crippen LogP contribution >= 0.6 is 17.0 Å². The van der Waals surface area contributed by atoms with Crippen LogP contribution in [-0.2, 0) is 44.2 Å². The van der Waals surface area contributed by atoms with E-state index in [0.29, 0.717) is 0 Å². The van der Waals surface area contributed by atoms with Crippen molar-refractivity contribution in [1.82, 2.24) is 0 Å². The molecule has 4 aliphatic carbocycles.